The van der Waals surface area contributed by atoms with Gasteiger partial charge < -0.3 is 15.7 Å². The molecular weight excluding hydrogens is 246 g/mol. The molecule has 0 saturated carbocycles. The van der Waals surface area contributed by atoms with Crippen molar-refractivity contribution in [2.75, 3.05) is 0 Å². The van der Waals surface area contributed by atoms with Crippen LogP contribution in [0.25, 0.3) is 0 Å². The summed E-state index contributed by atoms with van der Waals surface area (Å²) >= 11 is 0. The predicted molar refractivity (Wildman–Crippen MR) is 69.5 cm³/mol. The lowest BCUT2D eigenvalue weighted by Gasteiger charge is -2.12. The van der Waals surface area contributed by atoms with Gasteiger partial charge in [0.15, 0.2) is 11.6 Å². The molecule has 0 aliphatic rings. The van der Waals surface area contributed by atoms with E-state index < -0.39 is 0 Å². The molecule has 0 aliphatic carbocycles. The number of hydrogen-bond donors (Lipinski definition) is 2. The van der Waals surface area contributed by atoms with Gasteiger partial charge in [-0.2, -0.15) is 5.10 Å². The van der Waals surface area contributed by atoms with E-state index in [1.807, 2.05) is 6.92 Å². The van der Waals surface area contributed by atoms with Gasteiger partial charge in [0.05, 0.1) is 23.7 Å². The Morgan fingerprint density at radius 1 is 1.47 bits per heavy atom. The summed E-state index contributed by atoms with van der Waals surface area (Å²) < 4.78 is 7.34. The SMILES string of the molecule is Cc1cc(Oc2cnn(C)c2)c(/C(N)=N/O)c(C)n1. The molecule has 7 heteroatoms. The minimum absolute atomic E-state index is 0.0381. The Morgan fingerprint density at radius 2 is 2.21 bits per heavy atom. The molecule has 0 fully saturated rings. The van der Waals surface area contributed by atoms with Gasteiger partial charge in [0.1, 0.15) is 5.75 Å². The molecule has 0 bridgehead atoms. The molecule has 0 spiro atoms. The number of hydrogen-bond acceptors (Lipinski definition) is 5. The second-order valence-electron chi connectivity index (χ2n) is 4.16. The topological polar surface area (TPSA) is 98.6 Å². The molecule has 3 N–H and O–H groups in total. The number of pyridine rings is 1. The molecule has 7 nitrogen and oxygen atoms in total. The molecule has 2 aromatic rings. The van der Waals surface area contributed by atoms with E-state index in [1.165, 1.54) is 0 Å². The lowest BCUT2D eigenvalue weighted by atomic mass is 10.1. The zero-order valence-electron chi connectivity index (χ0n) is 11.0. The van der Waals surface area contributed by atoms with Crippen molar-refractivity contribution in [1.29, 1.82) is 0 Å². The third-order valence-electron chi connectivity index (χ3n) is 2.57. The number of nitrogens with two attached hydrogens (primary N) is 1. The first kappa shape index (κ1) is 12.9. The van der Waals surface area contributed by atoms with Crippen LogP contribution in [0.15, 0.2) is 23.6 Å². The molecule has 0 aliphatic heterocycles. The second kappa shape index (κ2) is 4.97. The fraction of sp³-hybridized carbons (Fsp3) is 0.250. The fourth-order valence-electron chi connectivity index (χ4n) is 1.81. The van der Waals surface area contributed by atoms with Crippen molar-refractivity contribution in [2.24, 2.45) is 17.9 Å². The Labute approximate surface area is 110 Å². The summed E-state index contributed by atoms with van der Waals surface area (Å²) in [6.07, 6.45) is 3.31. The van der Waals surface area contributed by atoms with Crippen molar-refractivity contribution in [1.82, 2.24) is 14.8 Å². The summed E-state index contributed by atoms with van der Waals surface area (Å²) in [6, 6.07) is 1.73. The first-order valence-corrected chi connectivity index (χ1v) is 5.64. The molecule has 0 saturated heterocycles. The molecular formula is C12H15N5O2. The molecule has 0 aromatic carbocycles. The molecule has 0 radical (unpaired) electrons. The van der Waals surface area contributed by atoms with Gasteiger partial charge in [-0.05, 0) is 13.8 Å². The monoisotopic (exact) mass is 261 g/mol. The number of nitrogens with zero attached hydrogens (tertiary/aromatic N) is 4. The second-order valence-corrected chi connectivity index (χ2v) is 4.16. The molecule has 2 rings (SSSR count). The molecule has 100 valence electrons. The van der Waals surface area contributed by atoms with Crippen LogP contribution in [0.4, 0.5) is 0 Å². The number of aryl methyl sites for hydroxylation is 3. The summed E-state index contributed by atoms with van der Waals surface area (Å²) in [5.41, 5.74) is 7.55. The van der Waals surface area contributed by atoms with Crippen LogP contribution in [0.5, 0.6) is 11.5 Å². The van der Waals surface area contributed by atoms with Crippen LogP contribution in [0.1, 0.15) is 17.0 Å². The predicted octanol–water partition coefficient (Wildman–Crippen LogP) is 1.32. The van der Waals surface area contributed by atoms with E-state index in [4.69, 9.17) is 15.7 Å². The highest BCUT2D eigenvalue weighted by Gasteiger charge is 2.15. The van der Waals surface area contributed by atoms with E-state index >= 15 is 0 Å². The van der Waals surface area contributed by atoms with Crippen LogP contribution in [0.2, 0.25) is 0 Å². The summed E-state index contributed by atoms with van der Waals surface area (Å²) in [6.45, 7) is 3.62. The zero-order chi connectivity index (χ0) is 14.0. The Morgan fingerprint density at radius 3 is 2.79 bits per heavy atom. The van der Waals surface area contributed by atoms with Crippen LogP contribution in [-0.4, -0.2) is 25.8 Å². The Hall–Kier alpha value is -2.57. The van der Waals surface area contributed by atoms with Crippen molar-refractivity contribution in [3.63, 3.8) is 0 Å². The highest BCUT2D eigenvalue weighted by Crippen LogP contribution is 2.27. The summed E-state index contributed by atoms with van der Waals surface area (Å²) in [5, 5.41) is 15.9. The highest BCUT2D eigenvalue weighted by atomic mass is 16.5. The van der Waals surface area contributed by atoms with Gasteiger partial charge in [-0.15, -0.1) is 0 Å². The van der Waals surface area contributed by atoms with Crippen LogP contribution >= 0.6 is 0 Å². The van der Waals surface area contributed by atoms with E-state index in [9.17, 15) is 0 Å². The van der Waals surface area contributed by atoms with Gasteiger partial charge in [0.25, 0.3) is 0 Å². The number of rotatable bonds is 3. The summed E-state index contributed by atoms with van der Waals surface area (Å²) in [7, 11) is 1.79. The fourth-order valence-corrected chi connectivity index (χ4v) is 1.81. The largest absolute Gasteiger partial charge is 0.453 e. The van der Waals surface area contributed by atoms with Crippen LogP contribution < -0.4 is 10.5 Å². The maximum absolute atomic E-state index is 8.84. The van der Waals surface area contributed by atoms with Gasteiger partial charge in [0, 0.05) is 18.8 Å². The van der Waals surface area contributed by atoms with Gasteiger partial charge in [-0.1, -0.05) is 5.16 Å². The Bertz CT molecular complexity index is 633. The van der Waals surface area contributed by atoms with Gasteiger partial charge in [0.2, 0.25) is 0 Å². The molecule has 0 unspecified atom stereocenters. The molecule has 19 heavy (non-hydrogen) atoms. The Kier molecular flexibility index (Phi) is 3.37. The number of amidine groups is 1. The van der Waals surface area contributed by atoms with Crippen molar-refractivity contribution in [3.05, 3.63) is 35.4 Å². The minimum atomic E-state index is -0.0381. The first-order valence-electron chi connectivity index (χ1n) is 5.64. The molecule has 0 amide bonds. The molecule has 2 aromatic heterocycles. The van der Waals surface area contributed by atoms with E-state index in [1.54, 1.807) is 37.1 Å². The molecule has 2 heterocycles. The standard InChI is InChI=1S/C12H15N5O2/c1-7-4-10(19-9-5-14-17(3)6-9)11(8(2)15-7)12(13)16-18/h4-6,18H,1-3H3,(H2,13,16). The van der Waals surface area contributed by atoms with E-state index in [2.05, 4.69) is 15.2 Å². The minimum Gasteiger partial charge on any atom is -0.453 e. The first-order chi connectivity index (χ1) is 9.01. The Balaban J connectivity index is 2.48. The van der Waals surface area contributed by atoms with E-state index in [-0.39, 0.29) is 5.84 Å². The lowest BCUT2D eigenvalue weighted by molar-refractivity contribution is 0.318. The highest BCUT2D eigenvalue weighted by molar-refractivity contribution is 6.00. The number of ether oxygens (including phenoxy) is 1. The molecule has 0 atom stereocenters. The maximum atomic E-state index is 8.84. The smallest absolute Gasteiger partial charge is 0.175 e. The summed E-state index contributed by atoms with van der Waals surface area (Å²) in [5.74, 6) is 1.01. The average Bonchev–Trinajstić information content (AvgIpc) is 2.73. The van der Waals surface area contributed by atoms with Crippen molar-refractivity contribution >= 4 is 5.84 Å². The quantitative estimate of drug-likeness (QED) is 0.376. The normalized spacial score (nSPS) is 11.6. The average molecular weight is 261 g/mol. The van der Waals surface area contributed by atoms with Crippen LogP contribution in [0.3, 0.4) is 0 Å². The third-order valence-corrected chi connectivity index (χ3v) is 2.57. The van der Waals surface area contributed by atoms with Crippen LogP contribution in [0, 0.1) is 13.8 Å². The lowest BCUT2D eigenvalue weighted by Crippen LogP contribution is -2.17. The third kappa shape index (κ3) is 2.65. The maximum Gasteiger partial charge on any atom is 0.175 e. The van der Waals surface area contributed by atoms with E-state index in [0.717, 1.165) is 5.69 Å². The van der Waals surface area contributed by atoms with Crippen molar-refractivity contribution < 1.29 is 9.94 Å². The number of oxime groups is 1. The van der Waals surface area contributed by atoms with E-state index in [0.29, 0.717) is 22.8 Å². The van der Waals surface area contributed by atoms with Crippen molar-refractivity contribution in [3.8, 4) is 11.5 Å². The number of aromatic nitrogens is 3. The van der Waals surface area contributed by atoms with Crippen molar-refractivity contribution in [2.45, 2.75) is 13.8 Å². The summed E-state index contributed by atoms with van der Waals surface area (Å²) in [4.78, 5) is 4.28. The van der Waals surface area contributed by atoms with Gasteiger partial charge in [-0.25, -0.2) is 0 Å². The van der Waals surface area contributed by atoms with Gasteiger partial charge in [-0.3, -0.25) is 9.67 Å². The zero-order valence-corrected chi connectivity index (χ0v) is 11.0. The van der Waals surface area contributed by atoms with Gasteiger partial charge >= 0.3 is 0 Å². The van der Waals surface area contributed by atoms with Crippen LogP contribution in [-0.2, 0) is 7.05 Å².